The summed E-state index contributed by atoms with van der Waals surface area (Å²) in [5.74, 6) is -1.43. The van der Waals surface area contributed by atoms with E-state index in [0.717, 1.165) is 19.3 Å². The van der Waals surface area contributed by atoms with Gasteiger partial charge in [0.15, 0.2) is 0 Å². The molecule has 0 aromatic heterocycles. The van der Waals surface area contributed by atoms with Crippen LogP contribution in [-0.4, -0.2) is 23.7 Å². The zero-order chi connectivity index (χ0) is 18.8. The van der Waals surface area contributed by atoms with E-state index in [4.69, 9.17) is 4.74 Å². The molecule has 2 aromatic carbocycles. The molecule has 1 N–H and O–H groups in total. The van der Waals surface area contributed by atoms with Crippen LogP contribution in [0.5, 0.6) is 0 Å². The molecule has 0 aliphatic rings. The van der Waals surface area contributed by atoms with Crippen molar-refractivity contribution < 1.29 is 19.4 Å². The molecule has 0 fully saturated rings. The van der Waals surface area contributed by atoms with Gasteiger partial charge in [-0.2, -0.15) is 0 Å². The van der Waals surface area contributed by atoms with Gasteiger partial charge in [0.2, 0.25) is 0 Å². The molecule has 0 unspecified atom stereocenters. The number of carboxylic acid groups (broad SMARTS) is 1. The van der Waals surface area contributed by atoms with E-state index in [9.17, 15) is 14.7 Å². The van der Waals surface area contributed by atoms with Gasteiger partial charge in [-0.05, 0) is 29.7 Å². The molecule has 26 heavy (non-hydrogen) atoms. The van der Waals surface area contributed by atoms with Gasteiger partial charge in [0, 0.05) is 0 Å². The van der Waals surface area contributed by atoms with Crippen molar-refractivity contribution in [2.24, 2.45) is 0 Å². The fraction of sp³-hybridized carbons (Fsp3) is 0.364. The molecule has 0 amide bonds. The minimum atomic E-state index is -1.02. The van der Waals surface area contributed by atoms with E-state index in [1.165, 1.54) is 25.3 Å². The van der Waals surface area contributed by atoms with Gasteiger partial charge in [-0.1, -0.05) is 75.4 Å². The third-order valence-corrected chi connectivity index (χ3v) is 4.33. The minimum absolute atomic E-state index is 0.170. The zero-order valence-electron chi connectivity index (χ0n) is 15.2. The van der Waals surface area contributed by atoms with Crippen molar-refractivity contribution in [3.8, 4) is 11.1 Å². The predicted octanol–water partition coefficient (Wildman–Crippen LogP) is 5.57. The van der Waals surface area contributed by atoms with E-state index in [1.807, 2.05) is 0 Å². The normalized spacial score (nSPS) is 10.5. The molecule has 4 heteroatoms. The number of aromatic carboxylic acids is 1. The standard InChI is InChI=1S/C22H26O4/c1-2-3-4-5-6-11-16-26-22(25)20-15-10-8-13-18(20)17-12-7-9-14-19(17)21(23)24/h7-10,12-15H,2-6,11,16H2,1H3,(H,23,24). The van der Waals surface area contributed by atoms with E-state index < -0.39 is 11.9 Å². The van der Waals surface area contributed by atoms with Gasteiger partial charge < -0.3 is 9.84 Å². The Balaban J connectivity index is 2.05. The van der Waals surface area contributed by atoms with Crippen LogP contribution in [0.3, 0.4) is 0 Å². The largest absolute Gasteiger partial charge is 0.478 e. The van der Waals surface area contributed by atoms with Crippen LogP contribution in [0.1, 0.15) is 66.2 Å². The third-order valence-electron chi connectivity index (χ3n) is 4.33. The Morgan fingerprint density at radius 3 is 2.00 bits per heavy atom. The van der Waals surface area contributed by atoms with Gasteiger partial charge in [-0.3, -0.25) is 0 Å². The maximum absolute atomic E-state index is 12.5. The first-order valence-electron chi connectivity index (χ1n) is 9.24. The lowest BCUT2D eigenvalue weighted by Gasteiger charge is -2.12. The summed E-state index contributed by atoms with van der Waals surface area (Å²) < 4.78 is 5.41. The van der Waals surface area contributed by atoms with Gasteiger partial charge in [-0.15, -0.1) is 0 Å². The Labute approximate surface area is 154 Å². The Morgan fingerprint density at radius 2 is 1.35 bits per heavy atom. The van der Waals surface area contributed by atoms with Gasteiger partial charge in [0.1, 0.15) is 0 Å². The van der Waals surface area contributed by atoms with Gasteiger partial charge >= 0.3 is 11.9 Å². The predicted molar refractivity (Wildman–Crippen MR) is 102 cm³/mol. The smallest absolute Gasteiger partial charge is 0.338 e. The Hall–Kier alpha value is -2.62. The molecular weight excluding hydrogens is 328 g/mol. The van der Waals surface area contributed by atoms with Crippen LogP contribution >= 0.6 is 0 Å². The number of hydrogen-bond donors (Lipinski definition) is 1. The lowest BCUT2D eigenvalue weighted by atomic mass is 9.95. The Bertz CT molecular complexity index is 736. The highest BCUT2D eigenvalue weighted by Gasteiger charge is 2.18. The third kappa shape index (κ3) is 5.45. The first-order valence-corrected chi connectivity index (χ1v) is 9.24. The molecule has 0 spiro atoms. The molecule has 4 nitrogen and oxygen atoms in total. The first kappa shape index (κ1) is 19.7. The second-order valence-electron chi connectivity index (χ2n) is 6.30. The minimum Gasteiger partial charge on any atom is -0.478 e. The summed E-state index contributed by atoms with van der Waals surface area (Å²) in [6, 6.07) is 13.7. The SMILES string of the molecule is CCCCCCCCOC(=O)c1ccccc1-c1ccccc1C(=O)O. The highest BCUT2D eigenvalue weighted by molar-refractivity contribution is 6.02. The topological polar surface area (TPSA) is 63.6 Å². The number of ether oxygens (including phenoxy) is 1. The van der Waals surface area contributed by atoms with Crippen LogP contribution in [0, 0.1) is 0 Å². The summed E-state index contributed by atoms with van der Waals surface area (Å²) in [5, 5.41) is 9.40. The van der Waals surface area contributed by atoms with Crippen molar-refractivity contribution in [3.05, 3.63) is 59.7 Å². The average Bonchev–Trinajstić information content (AvgIpc) is 2.67. The van der Waals surface area contributed by atoms with Crippen LogP contribution in [-0.2, 0) is 4.74 Å². The summed E-state index contributed by atoms with van der Waals surface area (Å²) in [5.41, 5.74) is 1.67. The maximum Gasteiger partial charge on any atom is 0.338 e. The average molecular weight is 354 g/mol. The molecule has 0 bridgehead atoms. The van der Waals surface area contributed by atoms with Crippen LogP contribution < -0.4 is 0 Å². The van der Waals surface area contributed by atoms with Crippen molar-refractivity contribution in [1.29, 1.82) is 0 Å². The highest BCUT2D eigenvalue weighted by Crippen LogP contribution is 2.27. The Morgan fingerprint density at radius 1 is 0.808 bits per heavy atom. The summed E-state index contributed by atoms with van der Waals surface area (Å²) >= 11 is 0. The van der Waals surface area contributed by atoms with Crippen LogP contribution in [0.2, 0.25) is 0 Å². The fourth-order valence-corrected chi connectivity index (χ4v) is 2.93. The van der Waals surface area contributed by atoms with Crippen molar-refractivity contribution in [2.75, 3.05) is 6.61 Å². The Kier molecular flexibility index (Phi) is 7.87. The number of carbonyl (C=O) groups is 2. The van der Waals surface area contributed by atoms with Gasteiger partial charge in [-0.25, -0.2) is 9.59 Å². The molecule has 0 atom stereocenters. The molecule has 2 rings (SSSR count). The lowest BCUT2D eigenvalue weighted by molar-refractivity contribution is 0.0498. The van der Waals surface area contributed by atoms with Crippen LogP contribution in [0.25, 0.3) is 11.1 Å². The summed E-state index contributed by atoms with van der Waals surface area (Å²) in [4.78, 5) is 24.0. The van der Waals surface area contributed by atoms with Crippen LogP contribution in [0.15, 0.2) is 48.5 Å². The molecule has 0 heterocycles. The monoisotopic (exact) mass is 354 g/mol. The molecular formula is C22H26O4. The summed E-state index contributed by atoms with van der Waals surface area (Å²) in [6.07, 6.45) is 6.74. The van der Waals surface area contributed by atoms with Gasteiger partial charge in [0.05, 0.1) is 17.7 Å². The quantitative estimate of drug-likeness (QED) is 0.447. The molecule has 0 aliphatic carbocycles. The number of carboxylic acids is 1. The molecule has 138 valence electrons. The van der Waals surface area contributed by atoms with Crippen molar-refractivity contribution >= 4 is 11.9 Å². The van der Waals surface area contributed by atoms with Gasteiger partial charge in [0.25, 0.3) is 0 Å². The fourth-order valence-electron chi connectivity index (χ4n) is 2.93. The van der Waals surface area contributed by atoms with E-state index in [-0.39, 0.29) is 5.56 Å². The highest BCUT2D eigenvalue weighted by atomic mass is 16.5. The molecule has 0 radical (unpaired) electrons. The van der Waals surface area contributed by atoms with Crippen molar-refractivity contribution in [1.82, 2.24) is 0 Å². The van der Waals surface area contributed by atoms with Crippen LogP contribution in [0.4, 0.5) is 0 Å². The first-order chi connectivity index (χ1) is 12.6. The molecule has 0 saturated carbocycles. The molecule has 0 saturated heterocycles. The van der Waals surface area contributed by atoms with E-state index in [2.05, 4.69) is 6.92 Å². The number of rotatable bonds is 10. The summed E-state index contributed by atoms with van der Waals surface area (Å²) in [7, 11) is 0. The molecule has 0 aliphatic heterocycles. The van der Waals surface area contributed by atoms with Crippen molar-refractivity contribution in [2.45, 2.75) is 45.4 Å². The second kappa shape index (κ2) is 10.4. The number of carbonyl (C=O) groups excluding carboxylic acids is 1. The number of benzene rings is 2. The summed E-state index contributed by atoms with van der Waals surface area (Å²) in [6.45, 7) is 2.57. The van der Waals surface area contributed by atoms with E-state index >= 15 is 0 Å². The maximum atomic E-state index is 12.5. The lowest BCUT2D eigenvalue weighted by Crippen LogP contribution is -2.09. The number of hydrogen-bond acceptors (Lipinski definition) is 3. The number of unbranched alkanes of at least 4 members (excludes halogenated alkanes) is 5. The van der Waals surface area contributed by atoms with E-state index in [1.54, 1.807) is 42.5 Å². The number of esters is 1. The second-order valence-corrected chi connectivity index (χ2v) is 6.30. The van der Waals surface area contributed by atoms with Crippen molar-refractivity contribution in [3.63, 3.8) is 0 Å². The zero-order valence-corrected chi connectivity index (χ0v) is 15.2. The van der Waals surface area contributed by atoms with E-state index in [0.29, 0.717) is 23.3 Å². The molecule has 2 aromatic rings.